The summed E-state index contributed by atoms with van der Waals surface area (Å²) in [6.07, 6.45) is 3.90. The second-order valence-electron chi connectivity index (χ2n) is 7.12. The zero-order chi connectivity index (χ0) is 21.4. The quantitative estimate of drug-likeness (QED) is 0.407. The maximum Gasteiger partial charge on any atom is 0.345 e. The monoisotopic (exact) mass is 422 g/mol. The van der Waals surface area contributed by atoms with E-state index in [-0.39, 0.29) is 24.4 Å². The Balaban J connectivity index is 1.76. The molecule has 1 heterocycles. The maximum absolute atomic E-state index is 14.0. The molecule has 2 aromatic rings. The van der Waals surface area contributed by atoms with E-state index in [1.165, 1.54) is 12.1 Å². The van der Waals surface area contributed by atoms with Crippen molar-refractivity contribution in [1.29, 1.82) is 0 Å². The number of carbonyl (C=O) groups is 2. The van der Waals surface area contributed by atoms with E-state index in [2.05, 4.69) is 0 Å². The molecule has 1 aliphatic carbocycles. The number of Topliss-reactive ketones (excluding diaryl/α,β-unsaturated/α-hetero) is 1. The largest absolute Gasteiger partial charge is 0.508 e. The van der Waals surface area contributed by atoms with Crippen molar-refractivity contribution in [2.45, 2.75) is 18.2 Å². The van der Waals surface area contributed by atoms with Crippen LogP contribution < -0.4 is 0 Å². The average molecular weight is 422 g/mol. The molecular weight excluding hydrogens is 403 g/mol. The van der Waals surface area contributed by atoms with Crippen LogP contribution in [0.3, 0.4) is 0 Å². The summed E-state index contributed by atoms with van der Waals surface area (Å²) in [5.41, 5.74) is 4.50. The zero-order valence-corrected chi connectivity index (χ0v) is 17.3. The second-order valence-corrected chi connectivity index (χ2v) is 8.00. The molecule has 0 radical (unpaired) electrons. The number of allylic oxidation sites excluding steroid dienone is 3. The Hall–Kier alpha value is -3.12. The predicted molar refractivity (Wildman–Crippen MR) is 115 cm³/mol. The summed E-state index contributed by atoms with van der Waals surface area (Å²) in [6.45, 7) is 1.59. The van der Waals surface area contributed by atoms with Gasteiger partial charge < -0.3 is 9.84 Å². The van der Waals surface area contributed by atoms with Crippen LogP contribution in [0.5, 0.6) is 0 Å². The third-order valence-electron chi connectivity index (χ3n) is 5.33. The highest BCUT2D eigenvalue weighted by Gasteiger charge is 2.33. The minimum Gasteiger partial charge on any atom is -0.508 e. The van der Waals surface area contributed by atoms with Gasteiger partial charge in [-0.1, -0.05) is 18.2 Å². The lowest BCUT2D eigenvalue weighted by Crippen LogP contribution is -2.11. The molecule has 0 saturated carbocycles. The van der Waals surface area contributed by atoms with Crippen LogP contribution in [0.1, 0.15) is 30.0 Å². The molecule has 0 amide bonds. The number of aliphatic hydroxyl groups excluding tert-OH is 1. The van der Waals surface area contributed by atoms with Gasteiger partial charge in [-0.15, -0.1) is 11.8 Å². The number of ether oxygens (including phenoxy) is 1. The Morgan fingerprint density at radius 3 is 2.57 bits per heavy atom. The average Bonchev–Trinajstić information content (AvgIpc) is 3.19. The van der Waals surface area contributed by atoms with Gasteiger partial charge in [0.05, 0.1) is 0 Å². The lowest BCUT2D eigenvalue weighted by atomic mass is 9.97. The Kier molecular flexibility index (Phi) is 5.35. The van der Waals surface area contributed by atoms with E-state index < -0.39 is 17.6 Å². The fourth-order valence-corrected chi connectivity index (χ4v) is 4.18. The summed E-state index contributed by atoms with van der Waals surface area (Å²) in [7, 11) is 0. The molecule has 4 rings (SSSR count). The number of carbonyl (C=O) groups excluding carboxylic acids is 2. The first-order chi connectivity index (χ1) is 14.4. The highest BCUT2D eigenvalue weighted by Crippen LogP contribution is 2.44. The lowest BCUT2D eigenvalue weighted by molar-refractivity contribution is -0.137. The molecule has 2 aromatic carbocycles. The summed E-state index contributed by atoms with van der Waals surface area (Å²) in [6, 6.07) is 12.6. The van der Waals surface area contributed by atoms with Crippen molar-refractivity contribution in [3.8, 4) is 0 Å². The maximum atomic E-state index is 14.0. The molecule has 0 atom stereocenters. The third kappa shape index (κ3) is 3.59. The first kappa shape index (κ1) is 20.2. The smallest absolute Gasteiger partial charge is 0.345 e. The normalized spacial score (nSPS) is 17.0. The number of thioether (sulfide) groups is 1. The van der Waals surface area contributed by atoms with Crippen LogP contribution in [0.25, 0.3) is 17.2 Å². The van der Waals surface area contributed by atoms with E-state index in [0.29, 0.717) is 11.1 Å². The number of aliphatic hydroxyl groups is 1. The summed E-state index contributed by atoms with van der Waals surface area (Å²) >= 11 is 1.66. The molecule has 30 heavy (non-hydrogen) atoms. The summed E-state index contributed by atoms with van der Waals surface area (Å²) in [5.74, 6) is -2.12. The number of cyclic esters (lactones) is 1. The Bertz CT molecular complexity index is 1160. The van der Waals surface area contributed by atoms with Crippen molar-refractivity contribution in [2.24, 2.45) is 0 Å². The van der Waals surface area contributed by atoms with Crippen LogP contribution in [-0.2, 0) is 14.3 Å². The van der Waals surface area contributed by atoms with E-state index in [4.69, 9.17) is 4.74 Å². The topological polar surface area (TPSA) is 63.6 Å². The van der Waals surface area contributed by atoms with Crippen molar-refractivity contribution < 1.29 is 23.8 Å². The van der Waals surface area contributed by atoms with Crippen molar-refractivity contribution >= 4 is 40.7 Å². The Morgan fingerprint density at radius 2 is 1.93 bits per heavy atom. The molecule has 6 heteroatoms. The predicted octanol–water partition coefficient (Wildman–Crippen LogP) is 5.20. The number of benzene rings is 2. The van der Waals surface area contributed by atoms with Crippen LogP contribution in [0.4, 0.5) is 4.39 Å². The van der Waals surface area contributed by atoms with Crippen LogP contribution in [-0.4, -0.2) is 29.7 Å². The number of esters is 1. The van der Waals surface area contributed by atoms with Crippen molar-refractivity contribution in [2.75, 3.05) is 12.9 Å². The minimum atomic E-state index is -0.821. The first-order valence-corrected chi connectivity index (χ1v) is 10.6. The third-order valence-corrected chi connectivity index (χ3v) is 6.07. The van der Waals surface area contributed by atoms with Gasteiger partial charge in [-0.3, -0.25) is 4.79 Å². The summed E-state index contributed by atoms with van der Waals surface area (Å²) in [5, 5.41) is 9.82. The van der Waals surface area contributed by atoms with Crippen molar-refractivity contribution in [3.63, 3.8) is 0 Å². The van der Waals surface area contributed by atoms with Gasteiger partial charge in [0.1, 0.15) is 23.8 Å². The van der Waals surface area contributed by atoms with Gasteiger partial charge in [0.25, 0.3) is 0 Å². The fraction of sp³-hybridized carbons (Fsp3) is 0.167. The van der Waals surface area contributed by atoms with Crippen LogP contribution in [0.2, 0.25) is 0 Å². The zero-order valence-electron chi connectivity index (χ0n) is 16.5. The second kappa shape index (κ2) is 7.95. The van der Waals surface area contributed by atoms with Gasteiger partial charge in [0, 0.05) is 11.3 Å². The minimum absolute atomic E-state index is 0.125. The van der Waals surface area contributed by atoms with E-state index in [9.17, 15) is 19.1 Å². The van der Waals surface area contributed by atoms with E-state index in [1.807, 2.05) is 43.5 Å². The molecule has 0 saturated heterocycles. The highest BCUT2D eigenvalue weighted by molar-refractivity contribution is 7.98. The molecule has 1 aliphatic heterocycles. The van der Waals surface area contributed by atoms with Gasteiger partial charge >= 0.3 is 5.97 Å². The number of fused-ring (bicyclic) bond motifs is 1. The van der Waals surface area contributed by atoms with Crippen molar-refractivity contribution in [1.82, 2.24) is 0 Å². The molecule has 0 bridgehead atoms. The lowest BCUT2D eigenvalue weighted by Gasteiger charge is -2.06. The van der Waals surface area contributed by atoms with E-state index in [1.54, 1.807) is 17.8 Å². The van der Waals surface area contributed by atoms with Crippen LogP contribution in [0.15, 0.2) is 64.3 Å². The molecule has 1 N–H and O–H groups in total. The number of ketones is 1. The first-order valence-electron chi connectivity index (χ1n) is 9.37. The van der Waals surface area contributed by atoms with E-state index >= 15 is 0 Å². The van der Waals surface area contributed by atoms with Gasteiger partial charge in [-0.25, -0.2) is 9.18 Å². The summed E-state index contributed by atoms with van der Waals surface area (Å²) in [4.78, 5) is 25.7. The molecule has 2 aliphatic rings. The van der Waals surface area contributed by atoms with Gasteiger partial charge in [0.15, 0.2) is 5.78 Å². The summed E-state index contributed by atoms with van der Waals surface area (Å²) < 4.78 is 18.7. The molecule has 0 fully saturated rings. The van der Waals surface area contributed by atoms with Crippen molar-refractivity contribution in [3.05, 3.63) is 81.9 Å². The number of halogens is 1. The molecular formula is C24H19FO4S. The number of hydrogen-bond donors (Lipinski definition) is 1. The molecule has 0 unspecified atom stereocenters. The van der Waals surface area contributed by atoms with Gasteiger partial charge in [-0.2, -0.15) is 0 Å². The molecule has 4 nitrogen and oxygen atoms in total. The SMILES string of the molecule is CSc1ccc(/C=C2/C(C)=C(CC(=O)C3=C(O)COC3=O)c3cc(F)ccc32)cc1. The highest BCUT2D eigenvalue weighted by atomic mass is 32.2. The fourth-order valence-electron chi connectivity index (χ4n) is 3.77. The Morgan fingerprint density at radius 1 is 1.20 bits per heavy atom. The number of hydrogen-bond acceptors (Lipinski definition) is 5. The van der Waals surface area contributed by atoms with Gasteiger partial charge in [-0.05, 0) is 76.9 Å². The molecule has 152 valence electrons. The van der Waals surface area contributed by atoms with E-state index in [0.717, 1.165) is 27.2 Å². The molecule has 0 spiro atoms. The molecule has 0 aromatic heterocycles. The number of rotatable bonds is 5. The standard InChI is InChI=1S/C24H19FO4S/c1-13-18(9-14-3-6-16(30-2)7-4-14)17-8-5-15(25)10-20(17)19(13)11-21(26)23-22(27)12-29-24(23)28/h3-10,27H,11-12H2,1-2H3/b18-9-. The van der Waals surface area contributed by atoms with Crippen LogP contribution in [0, 0.1) is 5.82 Å². The van der Waals surface area contributed by atoms with Gasteiger partial charge in [0.2, 0.25) is 0 Å². The van der Waals surface area contributed by atoms with Crippen LogP contribution >= 0.6 is 11.8 Å². The Labute approximate surface area is 177 Å².